The first-order valence-corrected chi connectivity index (χ1v) is 10.1. The Bertz CT molecular complexity index is 387. The van der Waals surface area contributed by atoms with E-state index in [-0.39, 0.29) is 0 Å². The monoisotopic (exact) mass is 258 g/mol. The van der Waals surface area contributed by atoms with Crippen LogP contribution in [0.15, 0.2) is 54.3 Å². The summed E-state index contributed by atoms with van der Waals surface area (Å²) >= 11 is 0. The molecule has 0 saturated carbocycles. The Morgan fingerprint density at radius 3 is 2.44 bits per heavy atom. The number of allylic oxidation sites excluding steroid dienone is 3. The highest BCUT2D eigenvalue weighted by Crippen LogP contribution is 2.24. The van der Waals surface area contributed by atoms with Crippen molar-refractivity contribution in [3.05, 3.63) is 59.8 Å². The smallest absolute Gasteiger partial charge is 0.0793 e. The van der Waals surface area contributed by atoms with Gasteiger partial charge in [-0.1, -0.05) is 66.3 Å². The molecule has 0 nitrogen and oxygen atoms in total. The molecule has 0 saturated heterocycles. The van der Waals surface area contributed by atoms with E-state index < -0.39 is 8.07 Å². The van der Waals surface area contributed by atoms with Crippen molar-refractivity contribution in [2.24, 2.45) is 0 Å². The SMILES string of the molecule is C=CCCC/C(=C/C)[Si](C)(C)Cc1ccccc1. The van der Waals surface area contributed by atoms with Gasteiger partial charge in [0.05, 0.1) is 8.07 Å². The van der Waals surface area contributed by atoms with Gasteiger partial charge in [0.15, 0.2) is 0 Å². The third kappa shape index (κ3) is 4.65. The van der Waals surface area contributed by atoms with Gasteiger partial charge in [0.1, 0.15) is 0 Å². The molecule has 18 heavy (non-hydrogen) atoms. The fourth-order valence-corrected chi connectivity index (χ4v) is 5.65. The Morgan fingerprint density at radius 2 is 1.89 bits per heavy atom. The first kappa shape index (κ1) is 15.0. The van der Waals surface area contributed by atoms with Crippen LogP contribution >= 0.6 is 0 Å². The van der Waals surface area contributed by atoms with Gasteiger partial charge in [-0.05, 0) is 32.2 Å². The van der Waals surface area contributed by atoms with E-state index in [9.17, 15) is 0 Å². The molecule has 0 heterocycles. The molecule has 0 amide bonds. The molecule has 1 heteroatoms. The van der Waals surface area contributed by atoms with Gasteiger partial charge in [0.2, 0.25) is 0 Å². The van der Waals surface area contributed by atoms with Crippen molar-refractivity contribution in [3.8, 4) is 0 Å². The van der Waals surface area contributed by atoms with Crippen LogP contribution in [0.1, 0.15) is 31.7 Å². The summed E-state index contributed by atoms with van der Waals surface area (Å²) in [5, 5.41) is 1.70. The summed E-state index contributed by atoms with van der Waals surface area (Å²) in [6.07, 6.45) is 8.01. The second-order valence-corrected chi connectivity index (χ2v) is 10.3. The second kappa shape index (κ2) is 7.37. The van der Waals surface area contributed by atoms with Crippen molar-refractivity contribution in [1.82, 2.24) is 0 Å². The minimum Gasteiger partial charge on any atom is -0.103 e. The van der Waals surface area contributed by atoms with Gasteiger partial charge in [-0.15, -0.1) is 6.58 Å². The maximum atomic E-state index is 3.81. The summed E-state index contributed by atoms with van der Waals surface area (Å²) in [4.78, 5) is 0. The zero-order valence-electron chi connectivity index (χ0n) is 12.1. The largest absolute Gasteiger partial charge is 0.103 e. The molecule has 0 aromatic heterocycles. The van der Waals surface area contributed by atoms with Gasteiger partial charge in [-0.25, -0.2) is 0 Å². The summed E-state index contributed by atoms with van der Waals surface area (Å²) in [6.45, 7) is 11.0. The Balaban J connectivity index is 2.68. The van der Waals surface area contributed by atoms with Crippen LogP contribution in [0.4, 0.5) is 0 Å². The average Bonchev–Trinajstić information content (AvgIpc) is 2.35. The fraction of sp³-hybridized carbons (Fsp3) is 0.412. The maximum absolute atomic E-state index is 3.81. The maximum Gasteiger partial charge on any atom is 0.0793 e. The van der Waals surface area contributed by atoms with E-state index >= 15 is 0 Å². The molecule has 1 aromatic carbocycles. The standard InChI is InChI=1S/C17H26Si/c1-5-7-9-14-17(6-2)18(3,4)15-16-12-10-8-11-13-16/h5-6,8,10-13H,1,7,9,14-15H2,2-4H3/b17-6-. The molecule has 0 unspecified atom stereocenters. The van der Waals surface area contributed by atoms with E-state index in [1.54, 1.807) is 5.20 Å². The summed E-state index contributed by atoms with van der Waals surface area (Å²) in [5.74, 6) is 0. The lowest BCUT2D eigenvalue weighted by atomic mass is 10.2. The van der Waals surface area contributed by atoms with E-state index in [4.69, 9.17) is 0 Å². The van der Waals surface area contributed by atoms with Crippen molar-refractivity contribution >= 4 is 8.07 Å². The Kier molecular flexibility index (Phi) is 6.13. The number of benzene rings is 1. The van der Waals surface area contributed by atoms with Crippen molar-refractivity contribution in [3.63, 3.8) is 0 Å². The molecule has 98 valence electrons. The quantitative estimate of drug-likeness (QED) is 0.353. The van der Waals surface area contributed by atoms with Crippen molar-refractivity contribution in [1.29, 1.82) is 0 Å². The fourth-order valence-electron chi connectivity index (χ4n) is 2.53. The van der Waals surface area contributed by atoms with Crippen molar-refractivity contribution in [2.75, 3.05) is 0 Å². The van der Waals surface area contributed by atoms with Crippen LogP contribution in [-0.4, -0.2) is 8.07 Å². The molecule has 1 aromatic rings. The van der Waals surface area contributed by atoms with Crippen LogP contribution in [0, 0.1) is 0 Å². The van der Waals surface area contributed by atoms with E-state index in [0.717, 1.165) is 6.42 Å². The van der Waals surface area contributed by atoms with Crippen LogP contribution in [0.2, 0.25) is 13.1 Å². The molecule has 0 N–H and O–H groups in total. The van der Waals surface area contributed by atoms with Gasteiger partial charge in [-0.3, -0.25) is 0 Å². The molecular weight excluding hydrogens is 232 g/mol. The molecule has 0 fully saturated rings. The lowest BCUT2D eigenvalue weighted by Crippen LogP contribution is -2.32. The third-order valence-electron chi connectivity index (χ3n) is 3.56. The molecule has 0 atom stereocenters. The molecule has 1 rings (SSSR count). The van der Waals surface area contributed by atoms with E-state index in [0.29, 0.717) is 0 Å². The number of rotatable bonds is 7. The molecule has 0 spiro atoms. The average molecular weight is 258 g/mol. The first-order valence-electron chi connectivity index (χ1n) is 6.90. The van der Waals surface area contributed by atoms with Gasteiger partial charge in [0, 0.05) is 0 Å². The lowest BCUT2D eigenvalue weighted by Gasteiger charge is -2.26. The van der Waals surface area contributed by atoms with E-state index in [2.05, 4.69) is 63.0 Å². The van der Waals surface area contributed by atoms with Crippen LogP contribution in [-0.2, 0) is 6.04 Å². The molecule has 0 aliphatic heterocycles. The normalized spacial score (nSPS) is 12.5. The zero-order valence-corrected chi connectivity index (χ0v) is 13.1. The third-order valence-corrected chi connectivity index (χ3v) is 7.13. The topological polar surface area (TPSA) is 0 Å². The predicted molar refractivity (Wildman–Crippen MR) is 85.4 cm³/mol. The zero-order chi connectivity index (χ0) is 13.4. The number of hydrogen-bond donors (Lipinski definition) is 0. The predicted octanol–water partition coefficient (Wildman–Crippen LogP) is 5.32. The highest BCUT2D eigenvalue weighted by atomic mass is 28.3. The molecule has 0 bridgehead atoms. The van der Waals surface area contributed by atoms with E-state index in [1.165, 1.54) is 24.4 Å². The Labute approximate surface area is 113 Å². The Morgan fingerprint density at radius 1 is 1.22 bits per heavy atom. The second-order valence-electron chi connectivity index (χ2n) is 5.54. The molecule has 0 aliphatic carbocycles. The summed E-state index contributed by atoms with van der Waals surface area (Å²) in [7, 11) is -1.30. The van der Waals surface area contributed by atoms with Gasteiger partial charge < -0.3 is 0 Å². The van der Waals surface area contributed by atoms with Crippen molar-refractivity contribution < 1.29 is 0 Å². The Hall–Kier alpha value is -1.08. The highest BCUT2D eigenvalue weighted by molar-refractivity contribution is 6.83. The minimum absolute atomic E-state index is 1.13. The summed E-state index contributed by atoms with van der Waals surface area (Å²) in [5.41, 5.74) is 1.48. The molecule has 0 aliphatic rings. The first-order chi connectivity index (χ1) is 8.60. The number of unbranched alkanes of at least 4 members (excludes halogenated alkanes) is 1. The summed E-state index contributed by atoms with van der Waals surface area (Å²) < 4.78 is 0. The highest BCUT2D eigenvalue weighted by Gasteiger charge is 2.25. The number of hydrogen-bond acceptors (Lipinski definition) is 0. The van der Waals surface area contributed by atoms with Crippen LogP contribution in [0.5, 0.6) is 0 Å². The van der Waals surface area contributed by atoms with Crippen molar-refractivity contribution in [2.45, 2.75) is 45.3 Å². The van der Waals surface area contributed by atoms with Crippen LogP contribution < -0.4 is 0 Å². The minimum atomic E-state index is -1.30. The van der Waals surface area contributed by atoms with Gasteiger partial charge >= 0.3 is 0 Å². The van der Waals surface area contributed by atoms with Crippen LogP contribution in [0.25, 0.3) is 0 Å². The lowest BCUT2D eigenvalue weighted by molar-refractivity contribution is 0.851. The van der Waals surface area contributed by atoms with Gasteiger partial charge in [-0.2, -0.15) is 0 Å². The molecular formula is C17H26Si. The van der Waals surface area contributed by atoms with Gasteiger partial charge in [0.25, 0.3) is 0 Å². The summed E-state index contributed by atoms with van der Waals surface area (Å²) in [6, 6.07) is 12.2. The molecule has 0 radical (unpaired) electrons. The van der Waals surface area contributed by atoms with E-state index in [1.807, 2.05) is 6.08 Å². The van der Waals surface area contributed by atoms with Crippen LogP contribution in [0.3, 0.4) is 0 Å².